The van der Waals surface area contributed by atoms with Gasteiger partial charge in [0.2, 0.25) is 0 Å². The average Bonchev–Trinajstić information content (AvgIpc) is 2.57. The minimum absolute atomic E-state index is 0.0114. The van der Waals surface area contributed by atoms with Gasteiger partial charge in [0.05, 0.1) is 13.2 Å². The molecule has 0 unspecified atom stereocenters. The number of hydrogen-bond donors (Lipinski definition) is 1. The molecule has 1 aromatic rings. The second-order valence-electron chi connectivity index (χ2n) is 4.03. The van der Waals surface area contributed by atoms with Gasteiger partial charge in [0.15, 0.2) is 0 Å². The first-order chi connectivity index (χ1) is 8.11. The fourth-order valence-corrected chi connectivity index (χ4v) is 1.72. The van der Waals surface area contributed by atoms with Gasteiger partial charge in [-0.15, -0.1) is 0 Å². The molecule has 2 rings (SSSR count). The van der Waals surface area contributed by atoms with E-state index in [1.807, 2.05) is 0 Å². The monoisotopic (exact) mass is 231 g/mol. The SMILES string of the molecule is CC1=CC(=O)N(Cc2ccc(CO)cc2)C1=O. The van der Waals surface area contributed by atoms with Crippen molar-refractivity contribution in [3.05, 3.63) is 47.0 Å². The van der Waals surface area contributed by atoms with Gasteiger partial charge in [-0.05, 0) is 18.1 Å². The number of benzene rings is 1. The highest BCUT2D eigenvalue weighted by atomic mass is 16.3. The fraction of sp³-hybridized carbons (Fsp3) is 0.231. The Morgan fingerprint density at radius 3 is 2.18 bits per heavy atom. The molecule has 0 spiro atoms. The van der Waals surface area contributed by atoms with Gasteiger partial charge in [0, 0.05) is 11.6 Å². The van der Waals surface area contributed by atoms with E-state index in [9.17, 15) is 9.59 Å². The summed E-state index contributed by atoms with van der Waals surface area (Å²) in [5, 5.41) is 8.90. The lowest BCUT2D eigenvalue weighted by Gasteiger charge is -2.14. The molecule has 4 heteroatoms. The van der Waals surface area contributed by atoms with Crippen LogP contribution in [0.5, 0.6) is 0 Å². The first-order valence-electron chi connectivity index (χ1n) is 5.34. The number of nitrogens with zero attached hydrogens (tertiary/aromatic N) is 1. The van der Waals surface area contributed by atoms with Crippen LogP contribution in [-0.4, -0.2) is 21.8 Å². The van der Waals surface area contributed by atoms with E-state index in [2.05, 4.69) is 0 Å². The number of imide groups is 1. The number of aliphatic hydroxyl groups excluding tert-OH is 1. The lowest BCUT2D eigenvalue weighted by Crippen LogP contribution is -2.30. The van der Waals surface area contributed by atoms with E-state index < -0.39 is 0 Å². The van der Waals surface area contributed by atoms with Crippen LogP contribution < -0.4 is 0 Å². The quantitative estimate of drug-likeness (QED) is 0.789. The number of aliphatic hydroxyl groups is 1. The molecule has 0 radical (unpaired) electrons. The molecule has 1 heterocycles. The molecule has 2 amide bonds. The summed E-state index contributed by atoms with van der Waals surface area (Å²) in [6, 6.07) is 7.17. The minimum Gasteiger partial charge on any atom is -0.392 e. The predicted molar refractivity (Wildman–Crippen MR) is 61.7 cm³/mol. The van der Waals surface area contributed by atoms with E-state index in [1.165, 1.54) is 11.0 Å². The molecule has 0 atom stereocenters. The topological polar surface area (TPSA) is 57.6 Å². The zero-order chi connectivity index (χ0) is 12.4. The highest BCUT2D eigenvalue weighted by Crippen LogP contribution is 2.16. The molecule has 1 N–H and O–H groups in total. The lowest BCUT2D eigenvalue weighted by atomic mass is 10.1. The molecule has 0 aliphatic carbocycles. The number of carbonyl (C=O) groups is 2. The Morgan fingerprint density at radius 1 is 1.12 bits per heavy atom. The number of hydrogen-bond acceptors (Lipinski definition) is 3. The molecule has 0 bridgehead atoms. The van der Waals surface area contributed by atoms with Crippen molar-refractivity contribution in [2.24, 2.45) is 0 Å². The maximum Gasteiger partial charge on any atom is 0.256 e. The number of amides is 2. The van der Waals surface area contributed by atoms with Crippen LogP contribution in [-0.2, 0) is 22.7 Å². The van der Waals surface area contributed by atoms with Gasteiger partial charge < -0.3 is 5.11 Å². The van der Waals surface area contributed by atoms with Gasteiger partial charge in [-0.25, -0.2) is 0 Å². The maximum atomic E-state index is 11.6. The van der Waals surface area contributed by atoms with Crippen molar-refractivity contribution in [1.82, 2.24) is 4.90 Å². The highest BCUT2D eigenvalue weighted by Gasteiger charge is 2.27. The summed E-state index contributed by atoms with van der Waals surface area (Å²) in [6.45, 7) is 1.90. The fourth-order valence-electron chi connectivity index (χ4n) is 1.72. The Balaban J connectivity index is 2.11. The molecular formula is C13H13NO3. The smallest absolute Gasteiger partial charge is 0.256 e. The van der Waals surface area contributed by atoms with Crippen LogP contribution in [0.1, 0.15) is 18.1 Å². The number of carbonyl (C=O) groups excluding carboxylic acids is 2. The van der Waals surface area contributed by atoms with E-state index >= 15 is 0 Å². The first kappa shape index (κ1) is 11.5. The minimum atomic E-state index is -0.265. The molecule has 4 nitrogen and oxygen atoms in total. The predicted octanol–water partition coefficient (Wildman–Crippen LogP) is 0.994. The normalized spacial score (nSPS) is 15.4. The summed E-state index contributed by atoms with van der Waals surface area (Å²) >= 11 is 0. The van der Waals surface area contributed by atoms with Crippen LogP contribution in [0.25, 0.3) is 0 Å². The Labute approximate surface area is 99.2 Å². The van der Waals surface area contributed by atoms with E-state index in [4.69, 9.17) is 5.11 Å². The van der Waals surface area contributed by atoms with Crippen LogP contribution >= 0.6 is 0 Å². The second kappa shape index (κ2) is 4.51. The van der Waals surface area contributed by atoms with E-state index in [0.717, 1.165) is 11.1 Å². The van der Waals surface area contributed by atoms with Crippen molar-refractivity contribution in [1.29, 1.82) is 0 Å². The third-order valence-corrected chi connectivity index (χ3v) is 2.73. The molecule has 1 aliphatic heterocycles. The van der Waals surface area contributed by atoms with E-state index in [1.54, 1.807) is 31.2 Å². The molecule has 17 heavy (non-hydrogen) atoms. The molecule has 0 saturated heterocycles. The highest BCUT2D eigenvalue weighted by molar-refractivity contribution is 6.15. The molecule has 0 saturated carbocycles. The van der Waals surface area contributed by atoms with Gasteiger partial charge in [-0.2, -0.15) is 0 Å². The summed E-state index contributed by atoms with van der Waals surface area (Å²) in [4.78, 5) is 24.4. The zero-order valence-corrected chi connectivity index (χ0v) is 9.51. The summed E-state index contributed by atoms with van der Waals surface area (Å²) in [7, 11) is 0. The van der Waals surface area contributed by atoms with Crippen LogP contribution in [0.3, 0.4) is 0 Å². The Bertz CT molecular complexity index is 488. The molecule has 0 fully saturated rings. The summed E-state index contributed by atoms with van der Waals surface area (Å²) in [6.07, 6.45) is 1.35. The molecule has 0 aromatic heterocycles. The van der Waals surface area contributed by atoms with Crippen LogP contribution in [0.4, 0.5) is 0 Å². The molecular weight excluding hydrogens is 218 g/mol. The molecule has 1 aliphatic rings. The standard InChI is InChI=1S/C13H13NO3/c1-9-6-12(16)14(13(9)17)7-10-2-4-11(8-15)5-3-10/h2-6,15H,7-8H2,1H3. The van der Waals surface area contributed by atoms with Gasteiger partial charge in [-0.1, -0.05) is 24.3 Å². The van der Waals surface area contributed by atoms with Crippen LogP contribution in [0.15, 0.2) is 35.9 Å². The van der Waals surface area contributed by atoms with E-state index in [-0.39, 0.29) is 25.0 Å². The Kier molecular flexibility index (Phi) is 3.06. The summed E-state index contributed by atoms with van der Waals surface area (Å²) in [5.74, 6) is -0.500. The molecule has 88 valence electrons. The van der Waals surface area contributed by atoms with Gasteiger partial charge in [0.25, 0.3) is 11.8 Å². The van der Waals surface area contributed by atoms with Crippen LogP contribution in [0, 0.1) is 0 Å². The first-order valence-corrected chi connectivity index (χ1v) is 5.34. The maximum absolute atomic E-state index is 11.6. The Hall–Kier alpha value is -1.94. The average molecular weight is 231 g/mol. The Morgan fingerprint density at radius 2 is 1.71 bits per heavy atom. The van der Waals surface area contributed by atoms with Crippen molar-refractivity contribution in [3.63, 3.8) is 0 Å². The summed E-state index contributed by atoms with van der Waals surface area (Å²) in [5.41, 5.74) is 2.15. The van der Waals surface area contributed by atoms with Gasteiger partial charge in [-0.3, -0.25) is 14.5 Å². The van der Waals surface area contributed by atoms with Crippen molar-refractivity contribution >= 4 is 11.8 Å². The van der Waals surface area contributed by atoms with Crippen molar-refractivity contribution in [2.75, 3.05) is 0 Å². The van der Waals surface area contributed by atoms with Gasteiger partial charge >= 0.3 is 0 Å². The van der Waals surface area contributed by atoms with Gasteiger partial charge in [0.1, 0.15) is 0 Å². The van der Waals surface area contributed by atoms with Crippen LogP contribution in [0.2, 0.25) is 0 Å². The third-order valence-electron chi connectivity index (χ3n) is 2.73. The van der Waals surface area contributed by atoms with E-state index in [0.29, 0.717) is 5.57 Å². The lowest BCUT2D eigenvalue weighted by molar-refractivity contribution is -0.137. The summed E-state index contributed by atoms with van der Waals surface area (Å²) < 4.78 is 0. The second-order valence-corrected chi connectivity index (χ2v) is 4.03. The molecule has 1 aromatic carbocycles. The largest absolute Gasteiger partial charge is 0.392 e. The van der Waals surface area contributed by atoms with Crippen molar-refractivity contribution in [3.8, 4) is 0 Å². The van der Waals surface area contributed by atoms with Crippen molar-refractivity contribution in [2.45, 2.75) is 20.1 Å². The van der Waals surface area contributed by atoms with Crippen molar-refractivity contribution < 1.29 is 14.7 Å². The zero-order valence-electron chi connectivity index (χ0n) is 9.51. The third kappa shape index (κ3) is 2.26. The number of rotatable bonds is 3.